The molecule has 0 radical (unpaired) electrons. The monoisotopic (exact) mass is 849 g/mol. The van der Waals surface area contributed by atoms with Gasteiger partial charge in [0.15, 0.2) is 6.10 Å². The van der Waals surface area contributed by atoms with Gasteiger partial charge in [-0.25, -0.2) is 0 Å². The van der Waals surface area contributed by atoms with Crippen molar-refractivity contribution in [3.63, 3.8) is 0 Å². The molecule has 0 unspecified atom stereocenters. The molecule has 6 heteroatoms. The molecule has 356 valence electrons. The van der Waals surface area contributed by atoms with Crippen LogP contribution in [0.25, 0.3) is 0 Å². The maximum absolute atomic E-state index is 12.8. The quantitative estimate of drug-likeness (QED) is 0.0345. The third-order valence-electron chi connectivity index (χ3n) is 12.1. The van der Waals surface area contributed by atoms with Gasteiger partial charge in [0.05, 0.1) is 0 Å². The van der Waals surface area contributed by atoms with E-state index in [4.69, 9.17) is 14.2 Å². The number of rotatable bonds is 47. The fourth-order valence-electron chi connectivity index (χ4n) is 8.12. The molecular formula is C54H104O6. The van der Waals surface area contributed by atoms with E-state index in [1.807, 2.05) is 0 Å². The van der Waals surface area contributed by atoms with Gasteiger partial charge in [-0.2, -0.15) is 0 Å². The van der Waals surface area contributed by atoms with Gasteiger partial charge in [0.2, 0.25) is 0 Å². The SMILES string of the molecule is CC(C)CCCCCCCCCCCCCCCCCC(=O)O[C@@H](COC(=O)CCCCCCCCCCCCCCC(C)C)COC(=O)CCCCCCCCC(C)C. The minimum atomic E-state index is -0.763. The van der Waals surface area contributed by atoms with Crippen molar-refractivity contribution in [1.29, 1.82) is 0 Å². The molecule has 0 rings (SSSR count). The van der Waals surface area contributed by atoms with Crippen LogP contribution < -0.4 is 0 Å². The molecule has 0 aliphatic heterocycles. The Kier molecular flexibility index (Phi) is 44.2. The number of carbonyl (C=O) groups excluding carboxylic acids is 3. The molecule has 0 spiro atoms. The lowest BCUT2D eigenvalue weighted by atomic mass is 10.0. The molecule has 6 nitrogen and oxygen atoms in total. The molecule has 0 aromatic rings. The van der Waals surface area contributed by atoms with Gasteiger partial charge in [0, 0.05) is 19.3 Å². The summed E-state index contributed by atoms with van der Waals surface area (Å²) in [5.74, 6) is 1.59. The van der Waals surface area contributed by atoms with Crippen LogP contribution in [0.2, 0.25) is 0 Å². The first-order chi connectivity index (χ1) is 29.1. The van der Waals surface area contributed by atoms with E-state index in [2.05, 4.69) is 41.5 Å². The van der Waals surface area contributed by atoms with Gasteiger partial charge in [0.25, 0.3) is 0 Å². The van der Waals surface area contributed by atoms with Gasteiger partial charge < -0.3 is 14.2 Å². The van der Waals surface area contributed by atoms with Gasteiger partial charge in [-0.05, 0) is 37.0 Å². The summed E-state index contributed by atoms with van der Waals surface area (Å²) in [4.78, 5) is 37.9. The van der Waals surface area contributed by atoms with Gasteiger partial charge >= 0.3 is 17.9 Å². The van der Waals surface area contributed by atoms with Crippen LogP contribution in [-0.2, 0) is 28.6 Å². The van der Waals surface area contributed by atoms with Crippen molar-refractivity contribution in [3.05, 3.63) is 0 Å². The molecular weight excluding hydrogens is 745 g/mol. The van der Waals surface area contributed by atoms with E-state index in [0.29, 0.717) is 19.3 Å². The summed E-state index contributed by atoms with van der Waals surface area (Å²) in [6, 6.07) is 0. The summed E-state index contributed by atoms with van der Waals surface area (Å²) in [5.41, 5.74) is 0. The molecule has 0 aromatic heterocycles. The summed E-state index contributed by atoms with van der Waals surface area (Å²) in [6.45, 7) is 13.7. The second-order valence-corrected chi connectivity index (χ2v) is 19.9. The van der Waals surface area contributed by atoms with Crippen molar-refractivity contribution in [3.8, 4) is 0 Å². The maximum atomic E-state index is 12.8. The Morgan fingerprint density at radius 1 is 0.283 bits per heavy atom. The van der Waals surface area contributed by atoms with E-state index in [-0.39, 0.29) is 31.1 Å². The Labute approximate surface area is 374 Å². The van der Waals surface area contributed by atoms with Gasteiger partial charge in [-0.1, -0.05) is 253 Å². The molecule has 0 amide bonds. The highest BCUT2D eigenvalue weighted by Crippen LogP contribution is 2.18. The molecule has 0 aromatic carbocycles. The van der Waals surface area contributed by atoms with Crippen LogP contribution in [0.5, 0.6) is 0 Å². The minimum Gasteiger partial charge on any atom is -0.462 e. The fraction of sp³-hybridized carbons (Fsp3) is 0.944. The van der Waals surface area contributed by atoms with Gasteiger partial charge in [-0.3, -0.25) is 14.4 Å². The smallest absolute Gasteiger partial charge is 0.306 e. The average Bonchev–Trinajstić information content (AvgIpc) is 3.20. The highest BCUT2D eigenvalue weighted by Gasteiger charge is 2.19. The second-order valence-electron chi connectivity index (χ2n) is 19.9. The maximum Gasteiger partial charge on any atom is 0.306 e. The van der Waals surface area contributed by atoms with Gasteiger partial charge in [-0.15, -0.1) is 0 Å². The van der Waals surface area contributed by atoms with Crippen molar-refractivity contribution >= 4 is 17.9 Å². The zero-order valence-electron chi connectivity index (χ0n) is 41.3. The zero-order chi connectivity index (χ0) is 44.2. The molecule has 0 heterocycles. The summed E-state index contributed by atoms with van der Waals surface area (Å²) < 4.78 is 16.8. The van der Waals surface area contributed by atoms with E-state index in [1.165, 1.54) is 173 Å². The topological polar surface area (TPSA) is 78.9 Å². The first-order valence-corrected chi connectivity index (χ1v) is 26.6. The Balaban J connectivity index is 4.25. The number of unbranched alkanes of at least 4 members (excludes halogenated alkanes) is 30. The van der Waals surface area contributed by atoms with Crippen molar-refractivity contribution in [1.82, 2.24) is 0 Å². The number of carbonyl (C=O) groups is 3. The summed E-state index contributed by atoms with van der Waals surface area (Å²) in [6.07, 6.45) is 45.3. The van der Waals surface area contributed by atoms with Crippen LogP contribution in [0.15, 0.2) is 0 Å². The van der Waals surface area contributed by atoms with Crippen LogP contribution in [0, 0.1) is 17.8 Å². The predicted octanol–water partition coefficient (Wildman–Crippen LogP) is 17.2. The number of esters is 3. The van der Waals surface area contributed by atoms with Crippen LogP contribution in [0.3, 0.4) is 0 Å². The number of hydrogen-bond donors (Lipinski definition) is 0. The molecule has 0 N–H and O–H groups in total. The standard InChI is InChI=1S/C54H104O6/c1-48(2)40-34-28-22-18-14-10-8-7-9-11-17-21-25-33-39-45-54(57)60-51(47-59-53(56)44-38-32-27-26-30-36-42-50(5)6)46-58-52(55)43-37-31-24-20-16-13-12-15-19-23-29-35-41-49(3)4/h48-51H,7-47H2,1-6H3/t51-/m0/s1. The molecule has 60 heavy (non-hydrogen) atoms. The van der Waals surface area contributed by atoms with E-state index in [0.717, 1.165) is 75.5 Å². The van der Waals surface area contributed by atoms with E-state index < -0.39 is 6.10 Å². The Bertz CT molecular complexity index is 929. The number of ether oxygens (including phenoxy) is 3. The zero-order valence-corrected chi connectivity index (χ0v) is 41.3. The lowest BCUT2D eigenvalue weighted by Crippen LogP contribution is -2.30. The first-order valence-electron chi connectivity index (χ1n) is 26.6. The van der Waals surface area contributed by atoms with Crippen molar-refractivity contribution < 1.29 is 28.6 Å². The molecule has 0 aliphatic rings. The fourth-order valence-corrected chi connectivity index (χ4v) is 8.12. The number of hydrogen-bond acceptors (Lipinski definition) is 6. The Morgan fingerprint density at radius 3 is 0.717 bits per heavy atom. The molecule has 1 atom stereocenters. The Morgan fingerprint density at radius 2 is 0.483 bits per heavy atom. The van der Waals surface area contributed by atoms with Crippen LogP contribution in [0.1, 0.15) is 292 Å². The highest BCUT2D eigenvalue weighted by atomic mass is 16.6. The summed E-state index contributed by atoms with van der Waals surface area (Å²) >= 11 is 0. The molecule has 0 saturated heterocycles. The third kappa shape index (κ3) is 47.5. The largest absolute Gasteiger partial charge is 0.462 e. The van der Waals surface area contributed by atoms with Gasteiger partial charge in [0.1, 0.15) is 13.2 Å². The highest BCUT2D eigenvalue weighted by molar-refractivity contribution is 5.71. The predicted molar refractivity (Wildman–Crippen MR) is 256 cm³/mol. The lowest BCUT2D eigenvalue weighted by Gasteiger charge is -2.18. The van der Waals surface area contributed by atoms with Crippen LogP contribution in [0.4, 0.5) is 0 Å². The molecule has 0 saturated carbocycles. The van der Waals surface area contributed by atoms with E-state index in [9.17, 15) is 14.4 Å². The van der Waals surface area contributed by atoms with Crippen LogP contribution >= 0.6 is 0 Å². The Hall–Kier alpha value is -1.59. The normalized spacial score (nSPS) is 12.2. The third-order valence-corrected chi connectivity index (χ3v) is 12.1. The van der Waals surface area contributed by atoms with Crippen molar-refractivity contribution in [2.75, 3.05) is 13.2 Å². The molecule has 0 bridgehead atoms. The molecule has 0 fully saturated rings. The first kappa shape index (κ1) is 58.4. The minimum absolute atomic E-state index is 0.0651. The summed E-state index contributed by atoms with van der Waals surface area (Å²) in [7, 11) is 0. The second kappa shape index (κ2) is 45.4. The van der Waals surface area contributed by atoms with E-state index in [1.54, 1.807) is 0 Å². The van der Waals surface area contributed by atoms with Crippen molar-refractivity contribution in [2.45, 2.75) is 298 Å². The summed E-state index contributed by atoms with van der Waals surface area (Å²) in [5, 5.41) is 0. The van der Waals surface area contributed by atoms with E-state index >= 15 is 0 Å². The molecule has 0 aliphatic carbocycles. The average molecular weight is 849 g/mol. The van der Waals surface area contributed by atoms with Crippen LogP contribution in [-0.4, -0.2) is 37.2 Å². The lowest BCUT2D eigenvalue weighted by molar-refractivity contribution is -0.167. The van der Waals surface area contributed by atoms with Crippen molar-refractivity contribution in [2.24, 2.45) is 17.8 Å².